The first-order chi connectivity index (χ1) is 3.97. The highest BCUT2D eigenvalue weighted by Crippen LogP contribution is 2.18. The predicted octanol–water partition coefficient (Wildman–Crippen LogP) is 1.65. The highest BCUT2D eigenvalue weighted by molar-refractivity contribution is 5.55. The molecule has 1 aliphatic rings. The molecule has 0 amide bonds. The van der Waals surface area contributed by atoms with Crippen molar-refractivity contribution in [3.63, 3.8) is 0 Å². The molecule has 1 aromatic rings. The topological polar surface area (TPSA) is 13.1 Å². The Morgan fingerprint density at radius 3 is 3.50 bits per heavy atom. The summed E-state index contributed by atoms with van der Waals surface area (Å²) in [6.45, 7) is 0. The molecule has 0 saturated heterocycles. The lowest BCUT2D eigenvalue weighted by atomic mass is 10.3. The van der Waals surface area contributed by atoms with Gasteiger partial charge < -0.3 is 4.42 Å². The van der Waals surface area contributed by atoms with E-state index in [0.29, 0.717) is 0 Å². The minimum atomic E-state index is 0.943. The van der Waals surface area contributed by atoms with Gasteiger partial charge >= 0.3 is 0 Å². The summed E-state index contributed by atoms with van der Waals surface area (Å²) in [5.74, 6) is 1.05. The maximum Gasteiger partial charge on any atom is 0.115 e. The number of furan rings is 1. The predicted molar refractivity (Wildman–Crippen MR) is 30.3 cm³/mol. The summed E-state index contributed by atoms with van der Waals surface area (Å²) in [4.78, 5) is 0. The SMILES string of the molecule is [c]1coc2c1C=CC2. The van der Waals surface area contributed by atoms with Crippen molar-refractivity contribution < 1.29 is 4.42 Å². The van der Waals surface area contributed by atoms with Gasteiger partial charge in [0.25, 0.3) is 0 Å². The van der Waals surface area contributed by atoms with E-state index in [0.717, 1.165) is 17.7 Å². The van der Waals surface area contributed by atoms with E-state index in [1.54, 1.807) is 6.26 Å². The monoisotopic (exact) mass is 105 g/mol. The molecule has 0 aromatic carbocycles. The van der Waals surface area contributed by atoms with Crippen molar-refractivity contribution in [2.75, 3.05) is 0 Å². The molecule has 0 bridgehead atoms. The van der Waals surface area contributed by atoms with Gasteiger partial charge in [-0.05, 0) is 0 Å². The molecule has 8 heavy (non-hydrogen) atoms. The van der Waals surface area contributed by atoms with Gasteiger partial charge in [-0.2, -0.15) is 0 Å². The second-order valence-corrected chi connectivity index (χ2v) is 1.82. The van der Waals surface area contributed by atoms with Gasteiger partial charge in [0.2, 0.25) is 0 Å². The van der Waals surface area contributed by atoms with Gasteiger partial charge in [0, 0.05) is 18.1 Å². The maximum absolute atomic E-state index is 5.06. The average Bonchev–Trinajstić information content (AvgIpc) is 2.15. The molecule has 1 radical (unpaired) electrons. The Kier molecular flexibility index (Phi) is 0.618. The van der Waals surface area contributed by atoms with E-state index in [-0.39, 0.29) is 0 Å². The van der Waals surface area contributed by atoms with Gasteiger partial charge in [-0.15, -0.1) is 0 Å². The lowest BCUT2D eigenvalue weighted by Gasteiger charge is -1.79. The van der Waals surface area contributed by atoms with Crippen molar-refractivity contribution >= 4 is 6.08 Å². The summed E-state index contributed by atoms with van der Waals surface area (Å²) in [5, 5.41) is 0. The Labute approximate surface area is 47.6 Å². The van der Waals surface area contributed by atoms with Crippen LogP contribution >= 0.6 is 0 Å². The van der Waals surface area contributed by atoms with Crippen LogP contribution in [0.25, 0.3) is 6.08 Å². The molecule has 1 aromatic heterocycles. The van der Waals surface area contributed by atoms with Gasteiger partial charge in [-0.1, -0.05) is 12.2 Å². The van der Waals surface area contributed by atoms with Crippen LogP contribution < -0.4 is 0 Å². The van der Waals surface area contributed by atoms with Crippen LogP contribution in [0.5, 0.6) is 0 Å². The molecule has 0 spiro atoms. The Hall–Kier alpha value is -0.980. The maximum atomic E-state index is 5.06. The van der Waals surface area contributed by atoms with E-state index in [1.807, 2.05) is 6.08 Å². The van der Waals surface area contributed by atoms with Gasteiger partial charge in [-0.25, -0.2) is 0 Å². The fraction of sp³-hybridized carbons (Fsp3) is 0.143. The second-order valence-electron chi connectivity index (χ2n) is 1.82. The highest BCUT2D eigenvalue weighted by atomic mass is 16.3. The fourth-order valence-electron chi connectivity index (χ4n) is 0.891. The highest BCUT2D eigenvalue weighted by Gasteiger charge is 2.05. The number of fused-ring (bicyclic) bond motifs is 1. The van der Waals surface area contributed by atoms with Crippen molar-refractivity contribution in [1.82, 2.24) is 0 Å². The molecule has 39 valence electrons. The largest absolute Gasteiger partial charge is 0.468 e. The lowest BCUT2D eigenvalue weighted by Crippen LogP contribution is -1.68. The van der Waals surface area contributed by atoms with Crippen LogP contribution in [0, 0.1) is 6.07 Å². The number of hydrogen-bond donors (Lipinski definition) is 0. The Morgan fingerprint density at radius 2 is 2.62 bits per heavy atom. The first-order valence-corrected chi connectivity index (χ1v) is 2.61. The summed E-state index contributed by atoms with van der Waals surface area (Å²) in [7, 11) is 0. The van der Waals surface area contributed by atoms with Crippen LogP contribution in [0.2, 0.25) is 0 Å². The quantitative estimate of drug-likeness (QED) is 0.489. The van der Waals surface area contributed by atoms with E-state index < -0.39 is 0 Å². The molecule has 0 N–H and O–H groups in total. The minimum Gasteiger partial charge on any atom is -0.468 e. The summed E-state index contributed by atoms with van der Waals surface area (Å²) in [6, 6.07) is 2.96. The smallest absolute Gasteiger partial charge is 0.115 e. The van der Waals surface area contributed by atoms with Gasteiger partial charge in [0.1, 0.15) is 5.76 Å². The first kappa shape index (κ1) is 3.96. The molecule has 0 fully saturated rings. The molecule has 0 aliphatic heterocycles. The zero-order valence-electron chi connectivity index (χ0n) is 4.35. The molecule has 2 rings (SSSR count). The molecule has 1 nitrogen and oxygen atoms in total. The average molecular weight is 105 g/mol. The number of rotatable bonds is 0. The molecule has 1 heteroatoms. The summed E-state index contributed by atoms with van der Waals surface area (Å²) in [5.41, 5.74) is 1.12. The van der Waals surface area contributed by atoms with Gasteiger partial charge in [0.05, 0.1) is 6.26 Å². The van der Waals surface area contributed by atoms with Crippen molar-refractivity contribution in [2.45, 2.75) is 6.42 Å². The van der Waals surface area contributed by atoms with Crippen molar-refractivity contribution in [3.05, 3.63) is 29.7 Å². The van der Waals surface area contributed by atoms with Crippen molar-refractivity contribution in [2.24, 2.45) is 0 Å². The molecule has 0 atom stereocenters. The molecular formula is C7H5O. The Bertz CT molecular complexity index is 220. The molecule has 0 unspecified atom stereocenters. The molecular weight excluding hydrogens is 100 g/mol. The molecule has 1 aliphatic carbocycles. The van der Waals surface area contributed by atoms with E-state index in [9.17, 15) is 0 Å². The third-order valence-corrected chi connectivity index (χ3v) is 1.30. The minimum absolute atomic E-state index is 0.943. The van der Waals surface area contributed by atoms with Gasteiger partial charge in [0.15, 0.2) is 0 Å². The van der Waals surface area contributed by atoms with Crippen LogP contribution in [-0.4, -0.2) is 0 Å². The number of hydrogen-bond acceptors (Lipinski definition) is 1. The Morgan fingerprint density at radius 1 is 1.62 bits per heavy atom. The summed E-state index contributed by atoms with van der Waals surface area (Å²) < 4.78 is 5.06. The fourth-order valence-corrected chi connectivity index (χ4v) is 0.891. The van der Waals surface area contributed by atoms with Crippen molar-refractivity contribution in [1.29, 1.82) is 0 Å². The van der Waals surface area contributed by atoms with Gasteiger partial charge in [-0.3, -0.25) is 0 Å². The number of allylic oxidation sites excluding steroid dienone is 1. The standard InChI is InChI=1S/C7H5O/c1-2-6-4-5-8-7(6)3-1/h1-2,5H,3H2. The second kappa shape index (κ2) is 1.25. The van der Waals surface area contributed by atoms with Crippen LogP contribution in [0.4, 0.5) is 0 Å². The summed E-state index contributed by atoms with van der Waals surface area (Å²) >= 11 is 0. The van der Waals surface area contributed by atoms with E-state index >= 15 is 0 Å². The lowest BCUT2D eigenvalue weighted by molar-refractivity contribution is 0.524. The van der Waals surface area contributed by atoms with Crippen LogP contribution in [0.1, 0.15) is 11.3 Å². The third kappa shape index (κ3) is 0.360. The molecule has 0 saturated carbocycles. The zero-order valence-corrected chi connectivity index (χ0v) is 4.35. The van der Waals surface area contributed by atoms with Crippen molar-refractivity contribution in [3.8, 4) is 0 Å². The summed E-state index contributed by atoms with van der Waals surface area (Å²) in [6.07, 6.45) is 6.65. The van der Waals surface area contributed by atoms with E-state index in [2.05, 4.69) is 12.1 Å². The zero-order chi connectivity index (χ0) is 5.40. The Balaban J connectivity index is 2.67. The van der Waals surface area contributed by atoms with E-state index in [1.165, 1.54) is 0 Å². The van der Waals surface area contributed by atoms with E-state index in [4.69, 9.17) is 4.42 Å². The first-order valence-electron chi connectivity index (χ1n) is 2.61. The third-order valence-electron chi connectivity index (χ3n) is 1.30. The molecule has 1 heterocycles. The van der Waals surface area contributed by atoms with Crippen LogP contribution in [0.15, 0.2) is 16.8 Å². The van der Waals surface area contributed by atoms with Crippen LogP contribution in [0.3, 0.4) is 0 Å². The normalized spacial score (nSPS) is 14.5. The van der Waals surface area contributed by atoms with Crippen LogP contribution in [-0.2, 0) is 6.42 Å².